The standard InChI is InChI=1S/C36H56O14/c1-16-30(50-32-28(42)27(41)26(40)23(14-37)49-32)31(45-4)29(43)33(47-16)48-19-12-18-5-6-22-21(35(18,3)24(38)13-19)7-9-34(2)20(8-10-36(22,34)44)17-11-25(39)46-15-17/h11,16,18-24,26-33,37-38,40-44H,5-10,12-15H2,1-4H3/t16-,18+,19+,20+,21-,22+,23+,24+,26+,27-,28+,29+,30+,31-,32-,33-,34+,35-,36-/m0/s1. The molecule has 7 aliphatic rings. The zero-order valence-corrected chi connectivity index (χ0v) is 29.4. The highest BCUT2D eigenvalue weighted by atomic mass is 16.7. The van der Waals surface area contributed by atoms with Crippen LogP contribution in [0.15, 0.2) is 11.6 Å². The first-order chi connectivity index (χ1) is 23.7. The summed E-state index contributed by atoms with van der Waals surface area (Å²) in [5, 5.41) is 76.3. The van der Waals surface area contributed by atoms with Crippen LogP contribution in [0, 0.1) is 34.5 Å². The average molecular weight is 713 g/mol. The van der Waals surface area contributed by atoms with E-state index in [-0.39, 0.29) is 35.1 Å². The molecule has 7 N–H and O–H groups in total. The van der Waals surface area contributed by atoms with Crippen LogP contribution in [-0.4, -0.2) is 141 Å². The van der Waals surface area contributed by atoms with Gasteiger partial charge in [0.1, 0.15) is 49.3 Å². The molecule has 2 saturated heterocycles. The SMILES string of the molecule is CO[C@H]1[C@@H](O)[C@H](O[C@@H]2C[C@H]3CC[C@@H]4[C@H](CC[C@]5(C)[C@@H](C6=CC(=O)OC6)CC[C@]45O)[C@@]3(C)[C@H](O)C2)O[C@@H](C)[C@H]1O[C@@H]1O[C@H](CO)[C@@H](O)[C@H](O)[C@H]1O. The molecule has 7 rings (SSSR count). The molecule has 284 valence electrons. The summed E-state index contributed by atoms with van der Waals surface area (Å²) in [7, 11) is 1.40. The number of carbonyl (C=O) groups excluding carboxylic acids is 1. The Morgan fingerprint density at radius 3 is 2.28 bits per heavy atom. The first-order valence-corrected chi connectivity index (χ1v) is 18.4. The number of hydrogen-bond acceptors (Lipinski definition) is 14. The fraction of sp³-hybridized carbons (Fsp3) is 0.917. The van der Waals surface area contributed by atoms with E-state index < -0.39 is 91.2 Å². The van der Waals surface area contributed by atoms with Gasteiger partial charge < -0.3 is 64.2 Å². The predicted molar refractivity (Wildman–Crippen MR) is 172 cm³/mol. The van der Waals surface area contributed by atoms with Gasteiger partial charge in [-0.1, -0.05) is 13.8 Å². The van der Waals surface area contributed by atoms with Crippen LogP contribution >= 0.6 is 0 Å². The number of cyclic esters (lactones) is 1. The van der Waals surface area contributed by atoms with Gasteiger partial charge in [-0.05, 0) is 86.5 Å². The lowest BCUT2D eigenvalue weighted by Crippen LogP contribution is -2.66. The van der Waals surface area contributed by atoms with Gasteiger partial charge in [0.25, 0.3) is 0 Å². The topological polar surface area (TPSA) is 214 Å². The molecule has 0 radical (unpaired) electrons. The van der Waals surface area contributed by atoms with E-state index in [9.17, 15) is 40.5 Å². The number of ether oxygens (including phenoxy) is 6. The lowest BCUT2D eigenvalue weighted by Gasteiger charge is -2.64. The smallest absolute Gasteiger partial charge is 0.331 e. The maximum absolute atomic E-state index is 12.5. The van der Waals surface area contributed by atoms with Crippen molar-refractivity contribution >= 4 is 5.97 Å². The minimum Gasteiger partial charge on any atom is -0.458 e. The van der Waals surface area contributed by atoms with Gasteiger partial charge in [0.2, 0.25) is 0 Å². The van der Waals surface area contributed by atoms with E-state index in [4.69, 9.17) is 28.4 Å². The van der Waals surface area contributed by atoms with Crippen molar-refractivity contribution in [3.05, 3.63) is 11.6 Å². The second-order valence-electron chi connectivity index (χ2n) is 16.6. The van der Waals surface area contributed by atoms with Gasteiger partial charge in [-0.3, -0.25) is 0 Å². The van der Waals surface area contributed by atoms with Gasteiger partial charge in [-0.15, -0.1) is 0 Å². The molecule has 14 nitrogen and oxygen atoms in total. The van der Waals surface area contributed by atoms with E-state index in [1.54, 1.807) is 13.0 Å². The van der Waals surface area contributed by atoms with Crippen LogP contribution in [0.4, 0.5) is 0 Å². The Morgan fingerprint density at radius 2 is 1.60 bits per heavy atom. The van der Waals surface area contributed by atoms with E-state index in [0.717, 1.165) is 37.7 Å². The van der Waals surface area contributed by atoms with Crippen LogP contribution in [0.1, 0.15) is 72.1 Å². The molecule has 3 heterocycles. The number of aliphatic hydroxyl groups is 7. The Kier molecular flexibility index (Phi) is 10.0. The summed E-state index contributed by atoms with van der Waals surface area (Å²) in [6.45, 7) is 5.75. The van der Waals surface area contributed by atoms with Gasteiger partial charge >= 0.3 is 5.97 Å². The quantitative estimate of drug-likeness (QED) is 0.136. The number of hydrogen-bond donors (Lipinski definition) is 7. The molecule has 0 unspecified atom stereocenters. The number of methoxy groups -OCH3 is 1. The summed E-state index contributed by atoms with van der Waals surface area (Å²) < 4.78 is 34.9. The van der Waals surface area contributed by atoms with E-state index in [1.807, 2.05) is 0 Å². The number of fused-ring (bicyclic) bond motifs is 5. The van der Waals surface area contributed by atoms with Gasteiger partial charge in [0, 0.05) is 25.0 Å². The molecule has 19 atom stereocenters. The van der Waals surface area contributed by atoms with Gasteiger partial charge in [0.05, 0.1) is 30.5 Å². The third-order valence-electron chi connectivity index (χ3n) is 14.5. The lowest BCUT2D eigenvalue weighted by molar-refractivity contribution is -0.363. The Morgan fingerprint density at radius 1 is 0.860 bits per heavy atom. The Bertz CT molecular complexity index is 1300. The van der Waals surface area contributed by atoms with Gasteiger partial charge in [-0.2, -0.15) is 0 Å². The summed E-state index contributed by atoms with van der Waals surface area (Å²) >= 11 is 0. The fourth-order valence-corrected chi connectivity index (χ4v) is 11.6. The van der Waals surface area contributed by atoms with Crippen molar-refractivity contribution in [2.24, 2.45) is 34.5 Å². The number of aliphatic hydroxyl groups excluding tert-OH is 6. The van der Waals surface area contributed by atoms with Crippen LogP contribution in [0.2, 0.25) is 0 Å². The zero-order chi connectivity index (χ0) is 35.9. The minimum absolute atomic E-state index is 0.0330. The highest BCUT2D eigenvalue weighted by molar-refractivity contribution is 5.85. The Labute approximate surface area is 292 Å². The Hall–Kier alpha value is -1.27. The fourth-order valence-electron chi connectivity index (χ4n) is 11.6. The van der Waals surface area contributed by atoms with Crippen molar-refractivity contribution in [2.75, 3.05) is 20.3 Å². The van der Waals surface area contributed by atoms with Crippen molar-refractivity contribution < 1.29 is 69.0 Å². The highest BCUT2D eigenvalue weighted by Gasteiger charge is 2.69. The van der Waals surface area contributed by atoms with Crippen LogP contribution in [0.3, 0.4) is 0 Å². The molecule has 0 aromatic carbocycles. The van der Waals surface area contributed by atoms with Crippen LogP contribution in [0.5, 0.6) is 0 Å². The molecular formula is C36H56O14. The molecule has 0 spiro atoms. The Balaban J connectivity index is 1.01. The normalized spacial score (nSPS) is 55.1. The molecule has 0 aromatic heterocycles. The number of carbonyl (C=O) groups is 1. The molecular weight excluding hydrogens is 656 g/mol. The molecule has 4 saturated carbocycles. The van der Waals surface area contributed by atoms with Gasteiger partial charge in [0.15, 0.2) is 12.6 Å². The lowest BCUT2D eigenvalue weighted by atomic mass is 9.42. The average Bonchev–Trinajstić information content (AvgIpc) is 3.63. The molecule has 0 amide bonds. The predicted octanol–water partition coefficient (Wildman–Crippen LogP) is -0.0948. The van der Waals surface area contributed by atoms with Crippen LogP contribution in [0.25, 0.3) is 0 Å². The summed E-state index contributed by atoms with van der Waals surface area (Å²) in [4.78, 5) is 11.9. The number of rotatable bonds is 7. The maximum Gasteiger partial charge on any atom is 0.331 e. The largest absolute Gasteiger partial charge is 0.458 e. The van der Waals surface area contributed by atoms with Crippen molar-refractivity contribution in [3.8, 4) is 0 Å². The highest BCUT2D eigenvalue weighted by Crippen LogP contribution is 2.70. The zero-order valence-electron chi connectivity index (χ0n) is 29.4. The third kappa shape index (κ3) is 5.63. The molecule has 6 fully saturated rings. The van der Waals surface area contributed by atoms with Crippen molar-refractivity contribution in [1.82, 2.24) is 0 Å². The van der Waals surface area contributed by atoms with Crippen molar-refractivity contribution in [3.63, 3.8) is 0 Å². The molecule has 4 aliphatic carbocycles. The summed E-state index contributed by atoms with van der Waals surface area (Å²) in [5.74, 6) is 0.0825. The summed E-state index contributed by atoms with van der Waals surface area (Å²) in [6.07, 6.45) is -6.17. The maximum atomic E-state index is 12.5. The van der Waals surface area contributed by atoms with Crippen LogP contribution in [-0.2, 0) is 33.2 Å². The van der Waals surface area contributed by atoms with Crippen molar-refractivity contribution in [1.29, 1.82) is 0 Å². The van der Waals surface area contributed by atoms with Gasteiger partial charge in [-0.25, -0.2) is 4.79 Å². The second-order valence-corrected chi connectivity index (χ2v) is 16.6. The molecule has 14 heteroatoms. The molecule has 3 aliphatic heterocycles. The van der Waals surface area contributed by atoms with E-state index >= 15 is 0 Å². The second kappa shape index (κ2) is 13.5. The molecule has 0 aromatic rings. The number of esters is 1. The van der Waals surface area contributed by atoms with Crippen LogP contribution < -0.4 is 0 Å². The third-order valence-corrected chi connectivity index (χ3v) is 14.5. The monoisotopic (exact) mass is 712 g/mol. The minimum atomic E-state index is -1.63. The first kappa shape index (κ1) is 37.1. The molecule has 50 heavy (non-hydrogen) atoms. The van der Waals surface area contributed by atoms with E-state index in [1.165, 1.54) is 7.11 Å². The van der Waals surface area contributed by atoms with E-state index in [2.05, 4.69) is 13.8 Å². The van der Waals surface area contributed by atoms with E-state index in [0.29, 0.717) is 25.9 Å². The molecule has 0 bridgehead atoms. The summed E-state index contributed by atoms with van der Waals surface area (Å²) in [6, 6.07) is 0. The summed E-state index contributed by atoms with van der Waals surface area (Å²) in [5.41, 5.74) is -0.695. The van der Waals surface area contributed by atoms with Crippen molar-refractivity contribution in [2.45, 2.75) is 151 Å². The first-order valence-electron chi connectivity index (χ1n) is 18.4.